The molecule has 0 saturated heterocycles. The molecule has 1 atom stereocenters. The number of benzene rings is 4. The van der Waals surface area contributed by atoms with Gasteiger partial charge in [0.1, 0.15) is 0 Å². The Labute approximate surface area is 285 Å². The Balaban J connectivity index is 0.000000211. The maximum Gasteiger partial charge on any atom is -0.0253 e. The molecule has 0 bridgehead atoms. The molecule has 0 nitrogen and oxygen atoms in total. The zero-order valence-electron chi connectivity index (χ0n) is 26.5. The van der Waals surface area contributed by atoms with Crippen molar-refractivity contribution in [3.05, 3.63) is 154 Å². The van der Waals surface area contributed by atoms with Gasteiger partial charge in [0.25, 0.3) is 0 Å². The third-order valence-corrected chi connectivity index (χ3v) is 8.92. The molecule has 46 heavy (non-hydrogen) atoms. The first-order valence-electron chi connectivity index (χ1n) is 14.4. The summed E-state index contributed by atoms with van der Waals surface area (Å²) in [5.41, 5.74) is 5.60. The van der Waals surface area contributed by atoms with Gasteiger partial charge in [-0.15, -0.1) is 5.56 Å². The summed E-state index contributed by atoms with van der Waals surface area (Å²) in [6, 6.07) is 32.1. The number of alkyl halides is 6. The van der Waals surface area contributed by atoms with Crippen molar-refractivity contribution in [2.45, 2.75) is 52.3 Å². The third kappa shape index (κ3) is 12.3. The van der Waals surface area contributed by atoms with Crippen LogP contribution in [0.3, 0.4) is 0 Å². The fourth-order valence-electron chi connectivity index (χ4n) is 4.79. The van der Waals surface area contributed by atoms with Gasteiger partial charge >= 0.3 is 40.8 Å². The molecule has 0 aliphatic heterocycles. The molecule has 0 heterocycles. The molecule has 0 spiro atoms. The van der Waals surface area contributed by atoms with Crippen molar-refractivity contribution in [2.75, 3.05) is 0 Å². The van der Waals surface area contributed by atoms with E-state index in [9.17, 15) is 26.3 Å². The predicted molar refractivity (Wildman–Crippen MR) is 174 cm³/mol. The van der Waals surface area contributed by atoms with Gasteiger partial charge in [0.05, 0.1) is 0 Å². The molecule has 0 radical (unpaired) electrons. The van der Waals surface area contributed by atoms with Gasteiger partial charge in [-0.25, -0.2) is 10.8 Å². The Morgan fingerprint density at radius 3 is 1.63 bits per heavy atom. The molecule has 0 amide bonds. The van der Waals surface area contributed by atoms with Crippen LogP contribution in [0.1, 0.15) is 36.1 Å². The van der Waals surface area contributed by atoms with E-state index in [1.165, 1.54) is 76.3 Å². The average molecular weight is 726 g/mol. The second kappa shape index (κ2) is 17.7. The van der Waals surface area contributed by atoms with E-state index in [0.717, 1.165) is 30.7 Å². The van der Waals surface area contributed by atoms with Crippen LogP contribution in [0.5, 0.6) is 0 Å². The molecule has 8 heteroatoms. The number of allylic oxidation sites excluding steroid dienone is 4. The topological polar surface area (TPSA) is 0 Å². The minimum atomic E-state index is -4.24. The molecule has 4 aromatic rings. The van der Waals surface area contributed by atoms with Crippen molar-refractivity contribution in [3.8, 4) is 11.1 Å². The summed E-state index contributed by atoms with van der Waals surface area (Å²) < 4.78 is 73.9. The van der Waals surface area contributed by atoms with Gasteiger partial charge in [-0.2, -0.15) is 123 Å². The Bertz CT molecular complexity index is 1470. The molecular weight excluding hydrogens is 690 g/mol. The maximum atomic E-state index is 11.8. The molecule has 6 rings (SSSR count). The molecule has 0 aromatic heterocycles. The van der Waals surface area contributed by atoms with Crippen LogP contribution in [0, 0.1) is 30.2 Å². The van der Waals surface area contributed by atoms with Gasteiger partial charge < -0.3 is 0 Å². The largest absolute Gasteiger partial charge is 0.179 e. The van der Waals surface area contributed by atoms with Crippen molar-refractivity contribution in [3.63, 3.8) is 0 Å². The standard InChI is InChI=1S/C13H9.C10H17Si.2C7H4F3.CH2.Zr/c1-3-7-12-10(5-1)9-11-6-2-4-8-13(11)12;1-8-6-9(2)10(7-8)11(3,4)5;2*8-7(9,10)6-4-2-1-3-5-6;;/h1-5,7-8H,9H2;7-8H,1-5H3;2*1-2,4-5H;1H2;/q4*-1;;. The molecule has 2 aliphatic carbocycles. The van der Waals surface area contributed by atoms with Crippen molar-refractivity contribution in [1.82, 2.24) is 0 Å². The normalized spacial score (nSPS) is 14.5. The van der Waals surface area contributed by atoms with E-state index in [1.54, 1.807) is 5.20 Å². The van der Waals surface area contributed by atoms with Crippen LogP contribution in [-0.2, 0) is 43.0 Å². The van der Waals surface area contributed by atoms with Crippen LogP contribution < -0.4 is 0 Å². The summed E-state index contributed by atoms with van der Waals surface area (Å²) in [6.07, 6.45) is -1.62. The number of halogens is 6. The fraction of sp³-hybridized carbons (Fsp3) is 0.237. The van der Waals surface area contributed by atoms with Crippen molar-refractivity contribution in [1.29, 1.82) is 0 Å². The second-order valence-electron chi connectivity index (χ2n) is 11.4. The minimum absolute atomic E-state index is 0.553. The molecule has 0 saturated carbocycles. The molecular formula is C38H36F6SiZr-4. The van der Waals surface area contributed by atoms with Gasteiger partial charge in [-0.05, 0) is 14.5 Å². The number of rotatable bonds is 1. The first kappa shape index (κ1) is 39.1. The van der Waals surface area contributed by atoms with Gasteiger partial charge in [-0.3, -0.25) is 6.08 Å². The van der Waals surface area contributed by atoms with E-state index in [-0.39, 0.29) is 0 Å². The Morgan fingerprint density at radius 1 is 0.739 bits per heavy atom. The summed E-state index contributed by atoms with van der Waals surface area (Å²) in [5.74, 6) is 0.553. The zero-order chi connectivity index (χ0) is 34.5. The molecule has 0 N–H and O–H groups in total. The van der Waals surface area contributed by atoms with Gasteiger partial charge in [-0.1, -0.05) is 85.9 Å². The maximum absolute atomic E-state index is 11.8. The first-order valence-corrected chi connectivity index (χ1v) is 19.6. The average Bonchev–Trinajstić information content (AvgIpc) is 3.58. The van der Waals surface area contributed by atoms with Crippen molar-refractivity contribution < 1.29 is 50.6 Å². The van der Waals surface area contributed by atoms with Crippen LogP contribution in [0.4, 0.5) is 26.3 Å². The molecule has 4 aromatic carbocycles. The first-order chi connectivity index (χ1) is 21.6. The van der Waals surface area contributed by atoms with E-state index < -0.39 is 31.6 Å². The number of hydrogen-bond acceptors (Lipinski definition) is 0. The summed E-state index contributed by atoms with van der Waals surface area (Å²) in [6.45, 7) is 11.6. The van der Waals surface area contributed by atoms with Crippen LogP contribution in [-0.4, -0.2) is 12.3 Å². The molecule has 2 aliphatic rings. The van der Waals surface area contributed by atoms with Crippen LogP contribution in [0.15, 0.2) is 108 Å². The number of fused-ring (bicyclic) bond motifs is 3. The van der Waals surface area contributed by atoms with Gasteiger partial charge in [0, 0.05) is 0 Å². The zero-order valence-corrected chi connectivity index (χ0v) is 30.0. The monoisotopic (exact) mass is 724 g/mol. The van der Waals surface area contributed by atoms with Crippen molar-refractivity contribution in [2.24, 2.45) is 5.92 Å². The van der Waals surface area contributed by atoms with Crippen LogP contribution >= 0.6 is 0 Å². The molecule has 242 valence electrons. The third-order valence-electron chi connectivity index (χ3n) is 6.76. The van der Waals surface area contributed by atoms with Gasteiger partial charge in [0.2, 0.25) is 0 Å². The van der Waals surface area contributed by atoms with Crippen LogP contribution in [0.25, 0.3) is 11.1 Å². The van der Waals surface area contributed by atoms with Gasteiger partial charge in [0.15, 0.2) is 0 Å². The second-order valence-corrected chi connectivity index (χ2v) is 16.4. The van der Waals surface area contributed by atoms with E-state index in [0.29, 0.717) is 5.92 Å². The quantitative estimate of drug-likeness (QED) is 0.0917. The molecule has 1 unspecified atom stereocenters. The fourth-order valence-corrected chi connectivity index (χ4v) is 6.73. The van der Waals surface area contributed by atoms with Crippen molar-refractivity contribution >= 4 is 12.3 Å². The SMILES string of the molecule is CC1=[C-]C(C)C=C1[Si](C)(C)C.FC(F)(F)c1c[c-]ccc1.FC(F)(F)c1c[c-]ccc1.[CH2]=[Zr].[c-]1cccc2c1Cc1ccccc1-2. The minimum Gasteiger partial charge on any atom is -0.179 e. The summed E-state index contributed by atoms with van der Waals surface area (Å²) in [5, 5.41) is 1.60. The summed E-state index contributed by atoms with van der Waals surface area (Å²) in [7, 11) is -1.07. The van der Waals surface area contributed by atoms with E-state index in [2.05, 4.69) is 104 Å². The van der Waals surface area contributed by atoms with E-state index in [4.69, 9.17) is 0 Å². The predicted octanol–water partition coefficient (Wildman–Crippen LogP) is 11.2. The number of hydrogen-bond donors (Lipinski definition) is 0. The smallest absolute Gasteiger partial charge is 0.0253 e. The Kier molecular flexibility index (Phi) is 15.1. The Hall–Kier alpha value is -3.09. The Morgan fingerprint density at radius 2 is 1.24 bits per heavy atom. The van der Waals surface area contributed by atoms with E-state index in [1.807, 2.05) is 6.07 Å². The summed E-state index contributed by atoms with van der Waals surface area (Å²) in [4.78, 5) is 0. The summed E-state index contributed by atoms with van der Waals surface area (Å²) >= 11 is 1.30. The van der Waals surface area contributed by atoms with E-state index >= 15 is 0 Å². The van der Waals surface area contributed by atoms with Crippen LogP contribution in [0.2, 0.25) is 19.6 Å². The molecule has 0 fully saturated rings.